The molecule has 0 spiro atoms. The van der Waals surface area contributed by atoms with Gasteiger partial charge in [0.1, 0.15) is 0 Å². The van der Waals surface area contributed by atoms with Gasteiger partial charge in [-0.3, -0.25) is 9.69 Å². The monoisotopic (exact) mass is 372 g/mol. The van der Waals surface area contributed by atoms with Gasteiger partial charge in [0.15, 0.2) is 0 Å². The van der Waals surface area contributed by atoms with Gasteiger partial charge in [-0.05, 0) is 30.2 Å². The lowest BCUT2D eigenvalue weighted by atomic mass is 10.1. The molecule has 0 unspecified atom stereocenters. The Kier molecular flexibility index (Phi) is 5.13. The standard InChI is InChI=1S/C19H21BrN2O/c1-15-7-8-17(13-18(15)20)19(23)22-11-9-21(10-12-22)14-16-5-3-2-4-6-16/h2-8,13H,9-12,14H2,1H3. The molecule has 4 heteroatoms. The van der Waals surface area contributed by atoms with E-state index >= 15 is 0 Å². The van der Waals surface area contributed by atoms with E-state index in [4.69, 9.17) is 0 Å². The Labute approximate surface area is 146 Å². The topological polar surface area (TPSA) is 23.6 Å². The Hall–Kier alpha value is -1.65. The number of piperazine rings is 1. The minimum absolute atomic E-state index is 0.130. The lowest BCUT2D eigenvalue weighted by Crippen LogP contribution is -2.48. The summed E-state index contributed by atoms with van der Waals surface area (Å²) in [6.07, 6.45) is 0. The molecule has 23 heavy (non-hydrogen) atoms. The highest BCUT2D eigenvalue weighted by Gasteiger charge is 2.22. The first-order valence-corrected chi connectivity index (χ1v) is 8.74. The molecule has 0 aromatic heterocycles. The zero-order valence-corrected chi connectivity index (χ0v) is 14.9. The first kappa shape index (κ1) is 16.2. The Morgan fingerprint density at radius 1 is 1.04 bits per heavy atom. The van der Waals surface area contributed by atoms with E-state index in [9.17, 15) is 4.79 Å². The lowest BCUT2D eigenvalue weighted by molar-refractivity contribution is 0.0628. The van der Waals surface area contributed by atoms with Crippen molar-refractivity contribution in [2.45, 2.75) is 13.5 Å². The maximum atomic E-state index is 12.6. The Balaban J connectivity index is 1.58. The molecule has 0 aliphatic carbocycles. The zero-order valence-electron chi connectivity index (χ0n) is 13.3. The second-order valence-corrected chi connectivity index (χ2v) is 6.87. The fraction of sp³-hybridized carbons (Fsp3) is 0.316. The number of carbonyl (C=O) groups excluding carboxylic acids is 1. The van der Waals surface area contributed by atoms with Crippen molar-refractivity contribution in [1.29, 1.82) is 0 Å². The van der Waals surface area contributed by atoms with Crippen molar-refractivity contribution in [1.82, 2.24) is 9.80 Å². The number of amides is 1. The maximum absolute atomic E-state index is 12.6. The Morgan fingerprint density at radius 2 is 1.74 bits per heavy atom. The highest BCUT2D eigenvalue weighted by molar-refractivity contribution is 9.10. The average Bonchev–Trinajstić information content (AvgIpc) is 2.58. The van der Waals surface area contributed by atoms with E-state index in [1.54, 1.807) is 0 Å². The van der Waals surface area contributed by atoms with Crippen molar-refractivity contribution < 1.29 is 4.79 Å². The van der Waals surface area contributed by atoms with E-state index in [1.807, 2.05) is 36.1 Å². The number of hydrogen-bond acceptors (Lipinski definition) is 2. The molecule has 1 saturated heterocycles. The number of rotatable bonds is 3. The Bertz CT molecular complexity index is 679. The molecule has 1 amide bonds. The van der Waals surface area contributed by atoms with Crippen molar-refractivity contribution >= 4 is 21.8 Å². The largest absolute Gasteiger partial charge is 0.336 e. The minimum Gasteiger partial charge on any atom is -0.336 e. The van der Waals surface area contributed by atoms with Crippen LogP contribution in [0.3, 0.4) is 0 Å². The second kappa shape index (κ2) is 7.28. The van der Waals surface area contributed by atoms with Crippen LogP contribution in [0.25, 0.3) is 0 Å². The normalized spacial score (nSPS) is 15.7. The molecule has 0 atom stereocenters. The second-order valence-electron chi connectivity index (χ2n) is 6.02. The van der Waals surface area contributed by atoms with Gasteiger partial charge in [-0.15, -0.1) is 0 Å². The first-order chi connectivity index (χ1) is 11.1. The molecule has 1 aliphatic rings. The highest BCUT2D eigenvalue weighted by Crippen LogP contribution is 2.19. The van der Waals surface area contributed by atoms with E-state index in [0.29, 0.717) is 0 Å². The molecule has 3 rings (SSSR count). The third-order valence-corrected chi connectivity index (χ3v) is 5.18. The van der Waals surface area contributed by atoms with Crippen LogP contribution in [-0.4, -0.2) is 41.9 Å². The van der Waals surface area contributed by atoms with E-state index in [2.05, 4.69) is 45.1 Å². The third-order valence-electron chi connectivity index (χ3n) is 4.33. The quantitative estimate of drug-likeness (QED) is 0.819. The van der Waals surface area contributed by atoms with Gasteiger partial charge in [0.25, 0.3) is 5.91 Å². The van der Waals surface area contributed by atoms with Gasteiger partial charge in [0.2, 0.25) is 0 Å². The zero-order chi connectivity index (χ0) is 16.2. The summed E-state index contributed by atoms with van der Waals surface area (Å²) in [5, 5.41) is 0. The summed E-state index contributed by atoms with van der Waals surface area (Å²) in [5.74, 6) is 0.130. The molecule has 120 valence electrons. The predicted molar refractivity (Wildman–Crippen MR) is 96.5 cm³/mol. The first-order valence-electron chi connectivity index (χ1n) is 7.95. The van der Waals surface area contributed by atoms with Gasteiger partial charge in [0, 0.05) is 42.8 Å². The molecule has 2 aromatic carbocycles. The summed E-state index contributed by atoms with van der Waals surface area (Å²) in [6.45, 7) is 6.41. The predicted octanol–water partition coefficient (Wildman–Crippen LogP) is 3.72. The molecule has 1 heterocycles. The third kappa shape index (κ3) is 4.01. The van der Waals surface area contributed by atoms with Crippen LogP contribution in [0, 0.1) is 6.92 Å². The van der Waals surface area contributed by atoms with Crippen LogP contribution >= 0.6 is 15.9 Å². The van der Waals surface area contributed by atoms with E-state index in [0.717, 1.165) is 48.3 Å². The fourth-order valence-electron chi connectivity index (χ4n) is 2.86. The van der Waals surface area contributed by atoms with Gasteiger partial charge in [-0.25, -0.2) is 0 Å². The van der Waals surface area contributed by atoms with Gasteiger partial charge in [0.05, 0.1) is 0 Å². The number of nitrogens with zero attached hydrogens (tertiary/aromatic N) is 2. The van der Waals surface area contributed by atoms with E-state index in [1.165, 1.54) is 5.56 Å². The van der Waals surface area contributed by atoms with Crippen molar-refractivity contribution in [3.63, 3.8) is 0 Å². The van der Waals surface area contributed by atoms with Crippen LogP contribution in [0.5, 0.6) is 0 Å². The SMILES string of the molecule is Cc1ccc(C(=O)N2CCN(Cc3ccccc3)CC2)cc1Br. The van der Waals surface area contributed by atoms with Gasteiger partial charge < -0.3 is 4.90 Å². The van der Waals surface area contributed by atoms with Gasteiger partial charge in [-0.1, -0.05) is 52.3 Å². The molecule has 3 nitrogen and oxygen atoms in total. The van der Waals surface area contributed by atoms with E-state index in [-0.39, 0.29) is 5.91 Å². The maximum Gasteiger partial charge on any atom is 0.253 e. The minimum atomic E-state index is 0.130. The summed E-state index contributed by atoms with van der Waals surface area (Å²) < 4.78 is 0.992. The summed E-state index contributed by atoms with van der Waals surface area (Å²) in [5.41, 5.74) is 3.24. The summed E-state index contributed by atoms with van der Waals surface area (Å²) in [6, 6.07) is 16.3. The molecule has 0 bridgehead atoms. The smallest absolute Gasteiger partial charge is 0.253 e. The molecule has 1 aliphatic heterocycles. The van der Waals surface area contributed by atoms with Crippen LogP contribution in [0.4, 0.5) is 0 Å². The van der Waals surface area contributed by atoms with Crippen LogP contribution in [0.1, 0.15) is 21.5 Å². The number of carbonyl (C=O) groups is 1. The van der Waals surface area contributed by atoms with Crippen molar-refractivity contribution in [3.05, 3.63) is 69.7 Å². The number of hydrogen-bond donors (Lipinski definition) is 0. The average molecular weight is 373 g/mol. The number of benzene rings is 2. The summed E-state index contributed by atoms with van der Waals surface area (Å²) in [4.78, 5) is 17.0. The Morgan fingerprint density at radius 3 is 2.39 bits per heavy atom. The van der Waals surface area contributed by atoms with Crippen LogP contribution in [-0.2, 0) is 6.54 Å². The molecular weight excluding hydrogens is 352 g/mol. The number of aryl methyl sites for hydroxylation is 1. The lowest BCUT2D eigenvalue weighted by Gasteiger charge is -2.34. The van der Waals surface area contributed by atoms with Crippen LogP contribution in [0.15, 0.2) is 53.0 Å². The number of halogens is 1. The van der Waals surface area contributed by atoms with Crippen molar-refractivity contribution in [3.8, 4) is 0 Å². The van der Waals surface area contributed by atoms with Gasteiger partial charge in [-0.2, -0.15) is 0 Å². The molecule has 0 N–H and O–H groups in total. The van der Waals surface area contributed by atoms with Crippen LogP contribution < -0.4 is 0 Å². The summed E-state index contributed by atoms with van der Waals surface area (Å²) >= 11 is 3.51. The summed E-state index contributed by atoms with van der Waals surface area (Å²) in [7, 11) is 0. The molecule has 0 saturated carbocycles. The highest BCUT2D eigenvalue weighted by atomic mass is 79.9. The van der Waals surface area contributed by atoms with Crippen molar-refractivity contribution in [2.24, 2.45) is 0 Å². The molecular formula is C19H21BrN2O. The van der Waals surface area contributed by atoms with E-state index < -0.39 is 0 Å². The fourth-order valence-corrected chi connectivity index (χ4v) is 3.24. The van der Waals surface area contributed by atoms with Crippen molar-refractivity contribution in [2.75, 3.05) is 26.2 Å². The molecule has 0 radical (unpaired) electrons. The molecule has 2 aromatic rings. The van der Waals surface area contributed by atoms with Gasteiger partial charge >= 0.3 is 0 Å². The van der Waals surface area contributed by atoms with Crippen LogP contribution in [0.2, 0.25) is 0 Å². The molecule has 1 fully saturated rings.